The summed E-state index contributed by atoms with van der Waals surface area (Å²) in [5.41, 5.74) is 8.20. The minimum Gasteiger partial charge on any atom is -0.324 e. The SMILES string of the molecule is Cc1c(C(C)N)cnn1CCC(C)C. The van der Waals surface area contributed by atoms with Gasteiger partial charge in [-0.05, 0) is 26.2 Å². The fraction of sp³-hybridized carbons (Fsp3) is 0.727. The van der Waals surface area contributed by atoms with Crippen molar-refractivity contribution in [2.24, 2.45) is 11.7 Å². The maximum atomic E-state index is 5.83. The molecule has 0 aliphatic heterocycles. The van der Waals surface area contributed by atoms with Crippen molar-refractivity contribution in [3.63, 3.8) is 0 Å². The molecule has 14 heavy (non-hydrogen) atoms. The lowest BCUT2D eigenvalue weighted by molar-refractivity contribution is 0.480. The lowest BCUT2D eigenvalue weighted by Crippen LogP contribution is -2.09. The standard InChI is InChI=1S/C11H21N3/c1-8(2)5-6-14-10(4)11(7-13-14)9(3)12/h7-9H,5-6,12H2,1-4H3. The van der Waals surface area contributed by atoms with Crippen LogP contribution in [-0.4, -0.2) is 9.78 Å². The fourth-order valence-electron chi connectivity index (χ4n) is 1.51. The monoisotopic (exact) mass is 195 g/mol. The Kier molecular flexibility index (Phi) is 3.69. The summed E-state index contributed by atoms with van der Waals surface area (Å²) in [4.78, 5) is 0. The Morgan fingerprint density at radius 1 is 1.43 bits per heavy atom. The summed E-state index contributed by atoms with van der Waals surface area (Å²) < 4.78 is 2.05. The molecular weight excluding hydrogens is 174 g/mol. The van der Waals surface area contributed by atoms with Gasteiger partial charge in [-0.3, -0.25) is 4.68 Å². The van der Waals surface area contributed by atoms with Gasteiger partial charge in [0.15, 0.2) is 0 Å². The molecule has 1 heterocycles. The van der Waals surface area contributed by atoms with Crippen LogP contribution in [0.2, 0.25) is 0 Å². The zero-order valence-corrected chi connectivity index (χ0v) is 9.62. The van der Waals surface area contributed by atoms with Gasteiger partial charge in [0.1, 0.15) is 0 Å². The molecule has 1 unspecified atom stereocenters. The lowest BCUT2D eigenvalue weighted by Gasteiger charge is -2.08. The van der Waals surface area contributed by atoms with Crippen LogP contribution in [0.25, 0.3) is 0 Å². The van der Waals surface area contributed by atoms with Gasteiger partial charge < -0.3 is 5.73 Å². The Bertz CT molecular complexity index is 287. The highest BCUT2D eigenvalue weighted by Crippen LogP contribution is 2.15. The van der Waals surface area contributed by atoms with Crippen molar-refractivity contribution >= 4 is 0 Å². The van der Waals surface area contributed by atoms with Crippen molar-refractivity contribution in [1.29, 1.82) is 0 Å². The van der Waals surface area contributed by atoms with Gasteiger partial charge in [-0.2, -0.15) is 5.10 Å². The number of nitrogens with zero attached hydrogens (tertiary/aromatic N) is 2. The molecule has 0 saturated carbocycles. The predicted octanol–water partition coefficient (Wildman–Crippen LogP) is 2.26. The van der Waals surface area contributed by atoms with E-state index in [0.717, 1.165) is 18.0 Å². The first-order chi connectivity index (χ1) is 6.52. The predicted molar refractivity (Wildman–Crippen MR) is 59.0 cm³/mol. The van der Waals surface area contributed by atoms with E-state index in [4.69, 9.17) is 5.73 Å². The number of rotatable bonds is 4. The van der Waals surface area contributed by atoms with Crippen LogP contribution in [0, 0.1) is 12.8 Å². The van der Waals surface area contributed by atoms with E-state index >= 15 is 0 Å². The van der Waals surface area contributed by atoms with Gasteiger partial charge >= 0.3 is 0 Å². The Morgan fingerprint density at radius 3 is 2.50 bits per heavy atom. The molecule has 1 rings (SSSR count). The minimum atomic E-state index is 0.0859. The van der Waals surface area contributed by atoms with Gasteiger partial charge in [0.2, 0.25) is 0 Å². The number of nitrogens with two attached hydrogens (primary N) is 1. The molecule has 1 aromatic rings. The first kappa shape index (κ1) is 11.2. The largest absolute Gasteiger partial charge is 0.324 e. The molecule has 0 radical (unpaired) electrons. The zero-order valence-electron chi connectivity index (χ0n) is 9.62. The van der Waals surface area contributed by atoms with Gasteiger partial charge in [0.25, 0.3) is 0 Å². The highest BCUT2D eigenvalue weighted by molar-refractivity contribution is 5.19. The van der Waals surface area contributed by atoms with E-state index in [-0.39, 0.29) is 6.04 Å². The highest BCUT2D eigenvalue weighted by Gasteiger charge is 2.09. The van der Waals surface area contributed by atoms with Gasteiger partial charge in [-0.25, -0.2) is 0 Å². The number of hydrogen-bond acceptors (Lipinski definition) is 2. The topological polar surface area (TPSA) is 43.8 Å². The molecular formula is C11H21N3. The molecule has 3 nitrogen and oxygen atoms in total. The summed E-state index contributed by atoms with van der Waals surface area (Å²) in [6.07, 6.45) is 3.06. The van der Waals surface area contributed by atoms with Gasteiger partial charge in [0, 0.05) is 23.8 Å². The van der Waals surface area contributed by atoms with E-state index in [9.17, 15) is 0 Å². The van der Waals surface area contributed by atoms with Crippen LogP contribution in [-0.2, 0) is 6.54 Å². The van der Waals surface area contributed by atoms with Crippen LogP contribution in [0.15, 0.2) is 6.20 Å². The van der Waals surface area contributed by atoms with Crippen LogP contribution in [0.3, 0.4) is 0 Å². The van der Waals surface area contributed by atoms with E-state index in [1.807, 2.05) is 13.1 Å². The Morgan fingerprint density at radius 2 is 2.07 bits per heavy atom. The Labute approximate surface area is 86.3 Å². The molecule has 0 bridgehead atoms. The summed E-state index contributed by atoms with van der Waals surface area (Å²) in [7, 11) is 0. The fourth-order valence-corrected chi connectivity index (χ4v) is 1.51. The van der Waals surface area contributed by atoms with Crippen LogP contribution in [0.5, 0.6) is 0 Å². The van der Waals surface area contributed by atoms with Crippen LogP contribution < -0.4 is 5.73 Å². The quantitative estimate of drug-likeness (QED) is 0.801. The van der Waals surface area contributed by atoms with Crippen molar-refractivity contribution in [2.45, 2.75) is 46.7 Å². The summed E-state index contributed by atoms with van der Waals surface area (Å²) in [6.45, 7) is 9.54. The molecule has 0 amide bonds. The van der Waals surface area contributed by atoms with E-state index in [2.05, 4.69) is 30.6 Å². The van der Waals surface area contributed by atoms with Crippen molar-refractivity contribution < 1.29 is 0 Å². The van der Waals surface area contributed by atoms with Crippen LogP contribution >= 0.6 is 0 Å². The van der Waals surface area contributed by atoms with Crippen molar-refractivity contribution in [1.82, 2.24) is 9.78 Å². The normalized spacial score (nSPS) is 13.6. The molecule has 80 valence electrons. The molecule has 3 heteroatoms. The highest BCUT2D eigenvalue weighted by atomic mass is 15.3. The van der Waals surface area contributed by atoms with Crippen molar-refractivity contribution in [3.8, 4) is 0 Å². The molecule has 1 aromatic heterocycles. The second kappa shape index (κ2) is 4.60. The Balaban J connectivity index is 2.70. The van der Waals surface area contributed by atoms with Crippen LogP contribution in [0.4, 0.5) is 0 Å². The van der Waals surface area contributed by atoms with E-state index in [0.29, 0.717) is 0 Å². The summed E-state index contributed by atoms with van der Waals surface area (Å²) in [5, 5.41) is 4.35. The third kappa shape index (κ3) is 2.58. The molecule has 1 atom stereocenters. The van der Waals surface area contributed by atoms with Gasteiger partial charge in [-0.15, -0.1) is 0 Å². The first-order valence-electron chi connectivity index (χ1n) is 5.30. The van der Waals surface area contributed by atoms with Gasteiger partial charge in [0.05, 0.1) is 6.20 Å². The molecule has 0 saturated heterocycles. The summed E-state index contributed by atoms with van der Waals surface area (Å²) in [6, 6.07) is 0.0859. The van der Waals surface area contributed by atoms with Crippen molar-refractivity contribution in [3.05, 3.63) is 17.5 Å². The number of aromatic nitrogens is 2. The maximum Gasteiger partial charge on any atom is 0.0540 e. The average Bonchev–Trinajstić information content (AvgIpc) is 2.43. The average molecular weight is 195 g/mol. The molecule has 0 spiro atoms. The second-order valence-corrected chi connectivity index (χ2v) is 4.38. The third-order valence-electron chi connectivity index (χ3n) is 2.55. The van der Waals surface area contributed by atoms with Crippen LogP contribution in [0.1, 0.15) is 44.5 Å². The zero-order chi connectivity index (χ0) is 10.7. The lowest BCUT2D eigenvalue weighted by atomic mass is 10.1. The van der Waals surface area contributed by atoms with E-state index < -0.39 is 0 Å². The number of hydrogen-bond donors (Lipinski definition) is 1. The molecule has 0 aliphatic carbocycles. The molecule has 0 aliphatic rings. The van der Waals surface area contributed by atoms with E-state index in [1.54, 1.807) is 0 Å². The van der Waals surface area contributed by atoms with Crippen molar-refractivity contribution in [2.75, 3.05) is 0 Å². The summed E-state index contributed by atoms with van der Waals surface area (Å²) >= 11 is 0. The number of aryl methyl sites for hydroxylation is 1. The third-order valence-corrected chi connectivity index (χ3v) is 2.55. The molecule has 0 aromatic carbocycles. The van der Waals surface area contributed by atoms with E-state index in [1.165, 1.54) is 12.1 Å². The molecule has 0 fully saturated rings. The maximum absolute atomic E-state index is 5.83. The second-order valence-electron chi connectivity index (χ2n) is 4.38. The summed E-state index contributed by atoms with van der Waals surface area (Å²) in [5.74, 6) is 0.720. The first-order valence-corrected chi connectivity index (χ1v) is 5.30. The molecule has 2 N–H and O–H groups in total. The minimum absolute atomic E-state index is 0.0859. The Hall–Kier alpha value is -0.830. The van der Waals surface area contributed by atoms with Gasteiger partial charge in [-0.1, -0.05) is 13.8 Å². The smallest absolute Gasteiger partial charge is 0.0540 e.